The second kappa shape index (κ2) is 6.80. The lowest BCUT2D eigenvalue weighted by atomic mass is 10.2. The zero-order valence-electron chi connectivity index (χ0n) is 12.0. The number of aliphatic imine (C=N–C) groups is 2. The van der Waals surface area contributed by atoms with E-state index in [1.165, 1.54) is 0 Å². The van der Waals surface area contributed by atoms with Gasteiger partial charge in [0.15, 0.2) is 5.96 Å². The molecule has 0 saturated carbocycles. The van der Waals surface area contributed by atoms with Gasteiger partial charge in [0.05, 0.1) is 31.7 Å². The smallest absolute Gasteiger partial charge is 0.223 e. The summed E-state index contributed by atoms with van der Waals surface area (Å²) in [5.41, 5.74) is 17.7. The summed E-state index contributed by atoms with van der Waals surface area (Å²) in [5.74, 6) is 0.583. The van der Waals surface area contributed by atoms with Gasteiger partial charge in [-0.1, -0.05) is 0 Å². The van der Waals surface area contributed by atoms with Gasteiger partial charge < -0.3 is 31.6 Å². The first-order chi connectivity index (χ1) is 10.1. The quantitative estimate of drug-likeness (QED) is 0.521. The minimum Gasteiger partial charge on any atom is -0.495 e. The van der Waals surface area contributed by atoms with Crippen molar-refractivity contribution in [3.05, 3.63) is 18.2 Å². The third-order valence-corrected chi connectivity index (χ3v) is 3.00. The van der Waals surface area contributed by atoms with Crippen molar-refractivity contribution in [3.8, 4) is 5.75 Å². The van der Waals surface area contributed by atoms with Crippen LogP contribution in [0.15, 0.2) is 28.2 Å². The fraction of sp³-hybridized carbons (Fsp3) is 0.385. The Morgan fingerprint density at radius 3 is 2.57 bits per heavy atom. The third kappa shape index (κ3) is 3.99. The summed E-state index contributed by atoms with van der Waals surface area (Å²) in [5, 5.41) is 0. The first kappa shape index (κ1) is 14.9. The predicted octanol–water partition coefficient (Wildman–Crippen LogP) is -0.249. The highest BCUT2D eigenvalue weighted by molar-refractivity contribution is 5.93. The molecule has 8 nitrogen and oxygen atoms in total. The van der Waals surface area contributed by atoms with E-state index in [-0.39, 0.29) is 11.9 Å². The van der Waals surface area contributed by atoms with E-state index in [0.29, 0.717) is 18.9 Å². The van der Waals surface area contributed by atoms with Crippen LogP contribution in [0.3, 0.4) is 0 Å². The van der Waals surface area contributed by atoms with E-state index in [0.717, 1.165) is 24.5 Å². The highest BCUT2D eigenvalue weighted by atomic mass is 16.5. The van der Waals surface area contributed by atoms with E-state index >= 15 is 0 Å². The molecule has 0 amide bonds. The summed E-state index contributed by atoms with van der Waals surface area (Å²) in [6.07, 6.45) is 0. The summed E-state index contributed by atoms with van der Waals surface area (Å²) in [6.45, 7) is 3.07. The summed E-state index contributed by atoms with van der Waals surface area (Å²) < 4.78 is 10.8. The minimum atomic E-state index is -0.131. The van der Waals surface area contributed by atoms with Gasteiger partial charge in [0, 0.05) is 19.2 Å². The Hall–Kier alpha value is -2.48. The average molecular weight is 292 g/mol. The number of morpholine rings is 1. The van der Waals surface area contributed by atoms with Gasteiger partial charge in [-0.25, -0.2) is 4.99 Å². The highest BCUT2D eigenvalue weighted by Gasteiger charge is 2.15. The van der Waals surface area contributed by atoms with Gasteiger partial charge in [0.2, 0.25) is 5.96 Å². The molecule has 2 rings (SSSR count). The number of methoxy groups -OCH3 is 1. The molecular formula is C13H20N6O2. The number of nitrogens with two attached hydrogens (primary N) is 3. The summed E-state index contributed by atoms with van der Waals surface area (Å²) in [7, 11) is 1.62. The minimum absolute atomic E-state index is 0.00354. The molecule has 0 aliphatic carbocycles. The van der Waals surface area contributed by atoms with E-state index in [1.54, 1.807) is 13.2 Å². The van der Waals surface area contributed by atoms with Crippen molar-refractivity contribution in [1.29, 1.82) is 0 Å². The van der Waals surface area contributed by atoms with Crippen molar-refractivity contribution >= 4 is 23.3 Å². The first-order valence-electron chi connectivity index (χ1n) is 6.54. The number of guanidine groups is 2. The Kier molecular flexibility index (Phi) is 4.83. The Morgan fingerprint density at radius 1 is 1.24 bits per heavy atom. The summed E-state index contributed by atoms with van der Waals surface area (Å²) in [4.78, 5) is 9.99. The molecule has 0 unspecified atom stereocenters. The molecule has 8 heteroatoms. The Balaban J connectivity index is 2.25. The number of benzene rings is 1. The maximum Gasteiger partial charge on any atom is 0.223 e. The molecule has 1 saturated heterocycles. The first-order valence-corrected chi connectivity index (χ1v) is 6.54. The van der Waals surface area contributed by atoms with Crippen LogP contribution in [0.25, 0.3) is 0 Å². The van der Waals surface area contributed by atoms with Gasteiger partial charge in [-0.3, -0.25) is 0 Å². The Labute approximate surface area is 123 Å². The normalized spacial score (nSPS) is 15.7. The van der Waals surface area contributed by atoms with Crippen molar-refractivity contribution in [2.75, 3.05) is 38.3 Å². The van der Waals surface area contributed by atoms with Crippen molar-refractivity contribution < 1.29 is 9.47 Å². The van der Waals surface area contributed by atoms with E-state index in [1.807, 2.05) is 12.1 Å². The van der Waals surface area contributed by atoms with Crippen LogP contribution in [-0.4, -0.2) is 45.3 Å². The largest absolute Gasteiger partial charge is 0.495 e. The topological polar surface area (TPSA) is 124 Å². The number of nitrogens with zero attached hydrogens (tertiary/aromatic N) is 3. The standard InChI is InChI=1S/C13H20N6O2/c1-20-11-8-9(17-13(16)18-12(14)15)2-3-10(11)19-4-6-21-7-5-19/h2-3,8H,4-7H2,1H3,(H6,14,15,16,17,18). The van der Waals surface area contributed by atoms with Gasteiger partial charge in [0.1, 0.15) is 5.75 Å². The van der Waals surface area contributed by atoms with Crippen LogP contribution in [0.5, 0.6) is 5.75 Å². The predicted molar refractivity (Wildman–Crippen MR) is 83.1 cm³/mol. The molecule has 0 atom stereocenters. The molecule has 0 spiro atoms. The van der Waals surface area contributed by atoms with Crippen LogP contribution in [-0.2, 0) is 4.74 Å². The Morgan fingerprint density at radius 2 is 1.95 bits per heavy atom. The lowest BCUT2D eigenvalue weighted by Gasteiger charge is -2.30. The summed E-state index contributed by atoms with van der Waals surface area (Å²) >= 11 is 0. The number of hydrogen-bond donors (Lipinski definition) is 3. The SMILES string of the molecule is COc1cc(N=C(N)N=C(N)N)ccc1N1CCOCC1. The van der Waals surface area contributed by atoms with Gasteiger partial charge in [-0.2, -0.15) is 4.99 Å². The van der Waals surface area contributed by atoms with Gasteiger partial charge >= 0.3 is 0 Å². The van der Waals surface area contributed by atoms with Crippen LogP contribution >= 0.6 is 0 Å². The highest BCUT2D eigenvalue weighted by Crippen LogP contribution is 2.32. The van der Waals surface area contributed by atoms with Gasteiger partial charge in [-0.05, 0) is 12.1 Å². The molecule has 6 N–H and O–H groups in total. The van der Waals surface area contributed by atoms with Crippen LogP contribution in [0.4, 0.5) is 11.4 Å². The van der Waals surface area contributed by atoms with Crippen molar-refractivity contribution in [2.24, 2.45) is 27.2 Å². The van der Waals surface area contributed by atoms with Crippen molar-refractivity contribution in [2.45, 2.75) is 0 Å². The van der Waals surface area contributed by atoms with Gasteiger partial charge in [-0.15, -0.1) is 0 Å². The molecule has 0 bridgehead atoms. The summed E-state index contributed by atoms with van der Waals surface area (Å²) in [6, 6.07) is 5.56. The van der Waals surface area contributed by atoms with E-state index < -0.39 is 0 Å². The van der Waals surface area contributed by atoms with E-state index in [4.69, 9.17) is 26.7 Å². The molecule has 1 fully saturated rings. The van der Waals surface area contributed by atoms with E-state index in [9.17, 15) is 0 Å². The zero-order valence-corrected chi connectivity index (χ0v) is 12.0. The zero-order chi connectivity index (χ0) is 15.2. The van der Waals surface area contributed by atoms with Crippen molar-refractivity contribution in [1.82, 2.24) is 0 Å². The van der Waals surface area contributed by atoms with Crippen LogP contribution in [0.2, 0.25) is 0 Å². The lowest BCUT2D eigenvalue weighted by Crippen LogP contribution is -2.36. The molecule has 0 radical (unpaired) electrons. The maximum atomic E-state index is 5.61. The molecular weight excluding hydrogens is 272 g/mol. The number of anilines is 1. The molecule has 114 valence electrons. The molecule has 1 aromatic carbocycles. The Bertz CT molecular complexity index is 548. The fourth-order valence-electron chi connectivity index (χ4n) is 2.09. The molecule has 21 heavy (non-hydrogen) atoms. The second-order valence-corrected chi connectivity index (χ2v) is 4.46. The molecule has 1 heterocycles. The van der Waals surface area contributed by atoms with Crippen LogP contribution in [0, 0.1) is 0 Å². The molecule has 1 aliphatic heterocycles. The molecule has 1 aromatic rings. The fourth-order valence-corrected chi connectivity index (χ4v) is 2.09. The maximum absolute atomic E-state index is 5.61. The molecule has 1 aliphatic rings. The number of hydrogen-bond acceptors (Lipinski definition) is 4. The lowest BCUT2D eigenvalue weighted by molar-refractivity contribution is 0.122. The second-order valence-electron chi connectivity index (χ2n) is 4.46. The van der Waals surface area contributed by atoms with Crippen molar-refractivity contribution in [3.63, 3.8) is 0 Å². The number of ether oxygens (including phenoxy) is 2. The monoisotopic (exact) mass is 292 g/mol. The van der Waals surface area contributed by atoms with Gasteiger partial charge in [0.25, 0.3) is 0 Å². The third-order valence-electron chi connectivity index (χ3n) is 3.00. The van der Waals surface area contributed by atoms with Crippen LogP contribution in [0.1, 0.15) is 0 Å². The van der Waals surface area contributed by atoms with E-state index in [2.05, 4.69) is 14.9 Å². The van der Waals surface area contributed by atoms with Crippen LogP contribution < -0.4 is 26.8 Å². The molecule has 0 aromatic heterocycles. The number of rotatable bonds is 3. The average Bonchev–Trinajstić information content (AvgIpc) is 2.47.